The molecule has 0 aliphatic rings. The van der Waals surface area contributed by atoms with Gasteiger partial charge >= 0.3 is 5.97 Å². The Morgan fingerprint density at radius 1 is 0.786 bits per heavy atom. The second-order valence-corrected chi connectivity index (χ2v) is 8.60. The first-order chi connectivity index (χ1) is 12.9. The molecule has 168 valence electrons. The van der Waals surface area contributed by atoms with Gasteiger partial charge in [0.15, 0.2) is 0 Å². The van der Waals surface area contributed by atoms with E-state index < -0.39 is 0 Å². The molecule has 0 radical (unpaired) electrons. The summed E-state index contributed by atoms with van der Waals surface area (Å²) in [6.07, 6.45) is 19.4. The number of unbranched alkanes of at least 4 members (excludes halogenated alkanes) is 13. The summed E-state index contributed by atoms with van der Waals surface area (Å²) in [6, 6.07) is 0. The van der Waals surface area contributed by atoms with E-state index in [1.165, 1.54) is 89.9 Å². The van der Waals surface area contributed by atoms with Crippen molar-refractivity contribution in [1.82, 2.24) is 0 Å². The van der Waals surface area contributed by atoms with Crippen LogP contribution in [0.1, 0.15) is 111 Å². The van der Waals surface area contributed by atoms with Crippen LogP contribution in [0.25, 0.3) is 0 Å². The van der Waals surface area contributed by atoms with Gasteiger partial charge in [0, 0.05) is 5.57 Å². The van der Waals surface area contributed by atoms with Gasteiger partial charge in [0.1, 0.15) is 0 Å². The van der Waals surface area contributed by atoms with E-state index in [0.717, 1.165) is 17.6 Å². The van der Waals surface area contributed by atoms with Crippen LogP contribution in [0.2, 0.25) is 0 Å². The zero-order chi connectivity index (χ0) is 20.4. The molecule has 0 aliphatic carbocycles. The molecular weight excluding hydrogens is 414 g/mol. The predicted octanol–water partition coefficient (Wildman–Crippen LogP) is 4.02. The minimum absolute atomic E-state index is 0. The summed E-state index contributed by atoms with van der Waals surface area (Å²) in [7, 11) is 2.17. The molecule has 0 spiro atoms. The van der Waals surface area contributed by atoms with Gasteiger partial charge < -0.3 is 21.7 Å². The second-order valence-electron chi connectivity index (χ2n) is 8.60. The van der Waals surface area contributed by atoms with Crippen LogP contribution >= 0.6 is 0 Å². The van der Waals surface area contributed by atoms with E-state index in [4.69, 9.17) is 4.74 Å². The molecule has 0 bridgehead atoms. The molecule has 0 aromatic rings. The molecule has 3 nitrogen and oxygen atoms in total. The topological polar surface area (TPSA) is 26.3 Å². The molecule has 0 aliphatic heterocycles. The van der Waals surface area contributed by atoms with Gasteiger partial charge in [-0.1, -0.05) is 90.6 Å². The lowest BCUT2D eigenvalue weighted by Crippen LogP contribution is -3.00. The highest BCUT2D eigenvalue weighted by Crippen LogP contribution is 2.14. The molecule has 0 amide bonds. The number of hydrogen-bond acceptors (Lipinski definition) is 2. The third-order valence-electron chi connectivity index (χ3n) is 5.67. The lowest BCUT2D eigenvalue weighted by atomic mass is 10.0. The van der Waals surface area contributed by atoms with Crippen molar-refractivity contribution < 1.29 is 31.0 Å². The smallest absolute Gasteiger partial charge is 0.337 e. The van der Waals surface area contributed by atoms with Crippen molar-refractivity contribution in [2.75, 3.05) is 26.9 Å². The molecule has 0 saturated carbocycles. The Hall–Kier alpha value is -0.350. The normalized spacial score (nSPS) is 12.9. The fourth-order valence-corrected chi connectivity index (χ4v) is 3.34. The first-order valence-electron chi connectivity index (χ1n) is 11.6. The van der Waals surface area contributed by atoms with E-state index in [9.17, 15) is 4.79 Å². The van der Waals surface area contributed by atoms with Crippen molar-refractivity contribution in [2.45, 2.75) is 111 Å². The van der Waals surface area contributed by atoms with Crippen LogP contribution in [0.3, 0.4) is 0 Å². The average molecular weight is 463 g/mol. The van der Waals surface area contributed by atoms with E-state index >= 15 is 0 Å². The summed E-state index contributed by atoms with van der Waals surface area (Å²) < 4.78 is 6.17. The molecule has 0 saturated heterocycles. The van der Waals surface area contributed by atoms with Gasteiger partial charge in [-0.3, -0.25) is 4.48 Å². The molecule has 4 heteroatoms. The predicted molar refractivity (Wildman–Crippen MR) is 118 cm³/mol. The molecule has 0 rings (SSSR count). The minimum Gasteiger partial charge on any atom is -1.00 e. The van der Waals surface area contributed by atoms with E-state index in [0.29, 0.717) is 12.3 Å². The highest BCUT2D eigenvalue weighted by Gasteiger charge is 2.21. The fraction of sp³-hybridized carbons (Fsp3) is 0.875. The standard InChI is InChI=1S/C24H48NO2.BrH/c1-6-8-9-10-11-12-13-14-15-16-17-18-19-20-21-25(5,7-2)22-27-24(26)23(3)4;/h3,6-22H2,1-2,4-5H3;1H/q+1;/p-1. The Morgan fingerprint density at radius 2 is 1.18 bits per heavy atom. The number of rotatable bonds is 19. The van der Waals surface area contributed by atoms with Gasteiger partial charge in [0.2, 0.25) is 6.73 Å². The number of esters is 1. The van der Waals surface area contributed by atoms with Gasteiger partial charge in [-0.25, -0.2) is 4.79 Å². The van der Waals surface area contributed by atoms with Gasteiger partial charge in [0.05, 0.1) is 20.1 Å². The van der Waals surface area contributed by atoms with Gasteiger partial charge in [-0.15, -0.1) is 0 Å². The van der Waals surface area contributed by atoms with Gasteiger partial charge in [-0.2, -0.15) is 0 Å². The Bertz CT molecular complexity index is 387. The number of carbonyl (C=O) groups is 1. The van der Waals surface area contributed by atoms with Crippen LogP contribution in [0.5, 0.6) is 0 Å². The van der Waals surface area contributed by atoms with Crippen LogP contribution in [-0.4, -0.2) is 37.3 Å². The number of carbonyl (C=O) groups excluding carboxylic acids is 1. The van der Waals surface area contributed by atoms with Crippen LogP contribution < -0.4 is 17.0 Å². The van der Waals surface area contributed by atoms with Crippen molar-refractivity contribution in [3.8, 4) is 0 Å². The molecule has 0 aromatic carbocycles. The van der Waals surface area contributed by atoms with Crippen LogP contribution in [0.4, 0.5) is 0 Å². The first kappa shape index (κ1) is 29.8. The van der Waals surface area contributed by atoms with Crippen LogP contribution in [0, 0.1) is 0 Å². The molecule has 0 heterocycles. The maximum absolute atomic E-state index is 11.6. The third-order valence-corrected chi connectivity index (χ3v) is 5.67. The number of nitrogens with zero attached hydrogens (tertiary/aromatic N) is 1. The van der Waals surface area contributed by atoms with E-state index in [-0.39, 0.29) is 23.0 Å². The molecule has 0 fully saturated rings. The summed E-state index contributed by atoms with van der Waals surface area (Å²) in [4.78, 5) is 11.6. The second kappa shape index (κ2) is 19.9. The largest absolute Gasteiger partial charge is 1.00 e. The lowest BCUT2D eigenvalue weighted by molar-refractivity contribution is -0.924. The number of ether oxygens (including phenoxy) is 1. The van der Waals surface area contributed by atoms with Crippen molar-refractivity contribution in [2.24, 2.45) is 0 Å². The summed E-state index contributed by atoms with van der Waals surface area (Å²) >= 11 is 0. The van der Waals surface area contributed by atoms with Crippen molar-refractivity contribution >= 4 is 5.97 Å². The van der Waals surface area contributed by atoms with Gasteiger partial charge in [0.25, 0.3) is 0 Å². The Balaban J connectivity index is 0. The maximum Gasteiger partial charge on any atom is 0.337 e. The number of quaternary nitrogens is 1. The van der Waals surface area contributed by atoms with Gasteiger partial charge in [-0.05, 0) is 26.7 Å². The van der Waals surface area contributed by atoms with Crippen molar-refractivity contribution in [3.63, 3.8) is 0 Å². The summed E-state index contributed by atoms with van der Waals surface area (Å²) in [6.45, 7) is 12.3. The fourth-order valence-electron chi connectivity index (χ4n) is 3.34. The molecular formula is C24H48BrNO2. The molecule has 1 unspecified atom stereocenters. The summed E-state index contributed by atoms with van der Waals surface area (Å²) in [5.74, 6) is -0.270. The van der Waals surface area contributed by atoms with E-state index in [1.807, 2.05) is 0 Å². The van der Waals surface area contributed by atoms with Crippen LogP contribution in [-0.2, 0) is 9.53 Å². The SMILES string of the molecule is C=C(C)C(=O)OC[N+](C)(CC)CCCCCCCCCCCCCCCC.[Br-]. The third kappa shape index (κ3) is 17.7. The zero-order valence-electron chi connectivity index (χ0n) is 19.4. The van der Waals surface area contributed by atoms with E-state index in [2.05, 4.69) is 27.5 Å². The van der Waals surface area contributed by atoms with Crippen molar-refractivity contribution in [1.29, 1.82) is 0 Å². The quantitative estimate of drug-likeness (QED) is 0.0953. The molecule has 0 aromatic heterocycles. The minimum atomic E-state index is -0.270. The molecule has 0 N–H and O–H groups in total. The van der Waals surface area contributed by atoms with E-state index in [1.54, 1.807) is 6.92 Å². The Morgan fingerprint density at radius 3 is 1.54 bits per heavy atom. The highest BCUT2D eigenvalue weighted by molar-refractivity contribution is 5.86. The first-order valence-corrected chi connectivity index (χ1v) is 11.6. The summed E-state index contributed by atoms with van der Waals surface area (Å²) in [5.41, 5.74) is 0.481. The molecule has 28 heavy (non-hydrogen) atoms. The highest BCUT2D eigenvalue weighted by atomic mass is 79.9. The lowest BCUT2D eigenvalue weighted by Gasteiger charge is -2.32. The van der Waals surface area contributed by atoms with Crippen LogP contribution in [0.15, 0.2) is 12.2 Å². The van der Waals surface area contributed by atoms with Crippen molar-refractivity contribution in [3.05, 3.63) is 12.2 Å². The monoisotopic (exact) mass is 461 g/mol. The Kier molecular flexibility index (Phi) is 21.3. The molecule has 1 atom stereocenters. The number of hydrogen-bond donors (Lipinski definition) is 0. The maximum atomic E-state index is 11.6. The number of halogens is 1. The zero-order valence-corrected chi connectivity index (χ0v) is 21.0. The Labute approximate surface area is 186 Å². The average Bonchev–Trinajstić information content (AvgIpc) is 2.66. The summed E-state index contributed by atoms with van der Waals surface area (Å²) in [5, 5.41) is 0.